The van der Waals surface area contributed by atoms with Gasteiger partial charge < -0.3 is 9.84 Å². The minimum absolute atomic E-state index is 0. The summed E-state index contributed by atoms with van der Waals surface area (Å²) >= 11 is 0. The Hall–Kier alpha value is -0.414. The second-order valence-electron chi connectivity index (χ2n) is 6.32. The fraction of sp³-hybridized carbons (Fsp3) is 0.400. The molecule has 2 rings (SSSR count). The minimum atomic E-state index is -4.45. The quantitative estimate of drug-likeness (QED) is 0.362. The molecule has 0 unspecified atom stereocenters. The van der Waals surface area contributed by atoms with Crippen LogP contribution < -0.4 is 61.2 Å². The third-order valence-electron chi connectivity index (χ3n) is 4.17. The van der Waals surface area contributed by atoms with Gasteiger partial charge in [-0.15, -0.1) is 0 Å². The summed E-state index contributed by atoms with van der Waals surface area (Å²) in [7, 11) is -4.45. The first-order chi connectivity index (χ1) is 12.4. The molecule has 0 heterocycles. The maximum Gasteiger partial charge on any atom is 1.00 e. The Labute approximate surface area is 204 Å². The first-order valence-electron chi connectivity index (χ1n) is 8.96. The van der Waals surface area contributed by atoms with Gasteiger partial charge in [0, 0.05) is 0 Å². The van der Waals surface area contributed by atoms with Crippen molar-refractivity contribution in [2.45, 2.75) is 56.8 Å². The van der Waals surface area contributed by atoms with Gasteiger partial charge in [0.2, 0.25) is 0 Å². The third kappa shape index (κ3) is 8.23. The van der Waals surface area contributed by atoms with Crippen molar-refractivity contribution < 1.29 is 74.2 Å². The molecule has 0 fully saturated rings. The molecule has 7 heteroatoms. The van der Waals surface area contributed by atoms with Crippen LogP contribution in [0.2, 0.25) is 0 Å². The molecule has 0 saturated carbocycles. The van der Waals surface area contributed by atoms with E-state index in [1.165, 1.54) is 43.9 Å². The number of ether oxygens (including phenoxy) is 1. The van der Waals surface area contributed by atoms with Crippen molar-refractivity contribution in [3.05, 3.63) is 48.0 Å². The third-order valence-corrected chi connectivity index (χ3v) is 5.07. The van der Waals surface area contributed by atoms with Gasteiger partial charge in [0.05, 0.1) is 0 Å². The minimum Gasteiger partial charge on any atom is -0.870 e. The Balaban J connectivity index is 0.00000364. The van der Waals surface area contributed by atoms with E-state index in [2.05, 4.69) is 6.92 Å². The Morgan fingerprint density at radius 1 is 0.963 bits per heavy atom. The average Bonchev–Trinajstić information content (AvgIpc) is 2.59. The monoisotopic (exact) mass is 416 g/mol. The Morgan fingerprint density at radius 3 is 2.30 bits per heavy atom. The number of rotatable bonds is 10. The van der Waals surface area contributed by atoms with Crippen molar-refractivity contribution >= 4 is 10.1 Å². The molecular weight excluding hydrogens is 391 g/mol. The standard InChI is InChI=1S/C20H26O5S.K/c1-2-3-4-5-6-7-10-16-13-14-20(26(22,23)24)19(15-16)25-18-12-9-8-11-17(18)21;/h8-9,11-15,21H,2-7,10H2,1H3,(H,22,23,24);/q;+1/p-1. The zero-order chi connectivity index (χ0) is 19.0. The van der Waals surface area contributed by atoms with Gasteiger partial charge in [-0.2, -0.15) is 8.42 Å². The van der Waals surface area contributed by atoms with Gasteiger partial charge in [-0.1, -0.05) is 69.0 Å². The summed E-state index contributed by atoms with van der Waals surface area (Å²) in [6.45, 7) is 2.18. The van der Waals surface area contributed by atoms with E-state index in [-0.39, 0.29) is 73.5 Å². The molecule has 142 valence electrons. The maximum absolute atomic E-state index is 11.8. The summed E-state index contributed by atoms with van der Waals surface area (Å²) in [5, 5.41) is 11.8. The number of aryl methyl sites for hydroxylation is 1. The van der Waals surface area contributed by atoms with Crippen LogP contribution in [0.3, 0.4) is 0 Å². The van der Waals surface area contributed by atoms with Gasteiger partial charge in [-0.05, 0) is 36.6 Å². The van der Waals surface area contributed by atoms with E-state index in [4.69, 9.17) is 4.74 Å². The molecule has 0 aliphatic rings. The van der Waals surface area contributed by atoms with Gasteiger partial charge in [0.25, 0.3) is 10.1 Å². The molecule has 1 N–H and O–H groups in total. The molecule has 0 atom stereocenters. The van der Waals surface area contributed by atoms with Crippen molar-refractivity contribution in [2.75, 3.05) is 0 Å². The largest absolute Gasteiger partial charge is 1.00 e. The van der Waals surface area contributed by atoms with E-state index in [1.54, 1.807) is 24.3 Å². The van der Waals surface area contributed by atoms with Crippen LogP contribution in [0.4, 0.5) is 0 Å². The van der Waals surface area contributed by atoms with Crippen LogP contribution in [0.1, 0.15) is 51.0 Å². The zero-order valence-corrected chi connectivity index (χ0v) is 19.9. The molecule has 27 heavy (non-hydrogen) atoms. The van der Waals surface area contributed by atoms with Crippen molar-refractivity contribution in [3.63, 3.8) is 0 Å². The topological polar surface area (TPSA) is 86.7 Å². The fourth-order valence-electron chi connectivity index (χ4n) is 2.76. The van der Waals surface area contributed by atoms with Gasteiger partial charge in [-0.3, -0.25) is 4.55 Å². The maximum atomic E-state index is 11.8. The number of para-hydroxylation sites is 2. The smallest absolute Gasteiger partial charge is 0.870 e. The van der Waals surface area contributed by atoms with Crippen LogP contribution in [0.25, 0.3) is 0 Å². The summed E-state index contributed by atoms with van der Waals surface area (Å²) < 4.78 is 38.1. The van der Waals surface area contributed by atoms with Gasteiger partial charge in [0.15, 0.2) is 0 Å². The van der Waals surface area contributed by atoms with Gasteiger partial charge >= 0.3 is 51.4 Å². The Bertz CT molecular complexity index is 821. The first-order valence-corrected chi connectivity index (χ1v) is 10.4. The summed E-state index contributed by atoms with van der Waals surface area (Å²) in [4.78, 5) is -0.340. The molecule has 0 radical (unpaired) electrons. The van der Waals surface area contributed by atoms with Gasteiger partial charge in [-0.25, -0.2) is 0 Å². The summed E-state index contributed by atoms with van der Waals surface area (Å²) in [5.74, 6) is -0.358. The van der Waals surface area contributed by atoms with E-state index in [0.29, 0.717) is 0 Å². The Kier molecular flexibility index (Phi) is 11.1. The number of benzene rings is 2. The van der Waals surface area contributed by atoms with E-state index in [1.807, 2.05) is 0 Å². The molecule has 2 aromatic carbocycles. The Morgan fingerprint density at radius 2 is 1.63 bits per heavy atom. The average molecular weight is 417 g/mol. The molecule has 0 spiro atoms. The van der Waals surface area contributed by atoms with E-state index in [9.17, 15) is 18.1 Å². The van der Waals surface area contributed by atoms with Crippen LogP contribution >= 0.6 is 0 Å². The van der Waals surface area contributed by atoms with Crippen molar-refractivity contribution in [1.82, 2.24) is 0 Å². The van der Waals surface area contributed by atoms with Crippen molar-refractivity contribution in [3.8, 4) is 17.2 Å². The van der Waals surface area contributed by atoms with Crippen LogP contribution in [0, 0.1) is 0 Å². The SMILES string of the molecule is CCCCCCCCc1ccc(S(=O)(=O)O)c(Oc2ccccc2[O-])c1.[K+]. The van der Waals surface area contributed by atoms with Crippen LogP contribution in [-0.4, -0.2) is 13.0 Å². The molecule has 0 saturated heterocycles. The van der Waals surface area contributed by atoms with E-state index >= 15 is 0 Å². The molecule has 0 aliphatic heterocycles. The molecular formula is C20H25KO5S. The molecule has 0 bridgehead atoms. The van der Waals surface area contributed by atoms with E-state index < -0.39 is 10.1 Å². The summed E-state index contributed by atoms with van der Waals surface area (Å²) in [6, 6.07) is 10.6. The molecule has 0 aliphatic carbocycles. The van der Waals surface area contributed by atoms with Crippen LogP contribution in [0.5, 0.6) is 17.2 Å². The number of unbranched alkanes of at least 4 members (excludes halogenated alkanes) is 5. The van der Waals surface area contributed by atoms with Crippen LogP contribution in [0.15, 0.2) is 47.4 Å². The van der Waals surface area contributed by atoms with Crippen LogP contribution in [-0.2, 0) is 16.5 Å². The second kappa shape index (κ2) is 12.2. The van der Waals surface area contributed by atoms with E-state index in [0.717, 1.165) is 24.8 Å². The summed E-state index contributed by atoms with van der Waals surface area (Å²) in [5.41, 5.74) is 0.909. The predicted molar refractivity (Wildman–Crippen MR) is 99.3 cm³/mol. The van der Waals surface area contributed by atoms with Crippen molar-refractivity contribution in [2.24, 2.45) is 0 Å². The molecule has 0 amide bonds. The molecule has 2 aromatic rings. The molecule has 0 aromatic heterocycles. The number of hydrogen-bond donors (Lipinski definition) is 1. The normalized spacial score (nSPS) is 11.0. The number of hydrogen-bond acceptors (Lipinski definition) is 4. The molecule has 5 nitrogen and oxygen atoms in total. The fourth-order valence-corrected chi connectivity index (χ4v) is 3.36. The second-order valence-corrected chi connectivity index (χ2v) is 7.71. The predicted octanol–water partition coefficient (Wildman–Crippen LogP) is 1.71. The summed E-state index contributed by atoms with van der Waals surface area (Å²) in [6.07, 6.45) is 7.75. The zero-order valence-electron chi connectivity index (χ0n) is 16.0. The van der Waals surface area contributed by atoms with Crippen molar-refractivity contribution in [1.29, 1.82) is 0 Å². The van der Waals surface area contributed by atoms with Gasteiger partial charge in [0.1, 0.15) is 16.4 Å². The first kappa shape index (κ1) is 24.6.